The summed E-state index contributed by atoms with van der Waals surface area (Å²) in [7, 11) is 1.62. The maximum absolute atomic E-state index is 11.8. The summed E-state index contributed by atoms with van der Waals surface area (Å²) in [6, 6.07) is 1.47. The molecule has 1 unspecified atom stereocenters. The van der Waals surface area contributed by atoms with Crippen LogP contribution in [0.1, 0.15) is 17.4 Å². The molecule has 0 aromatic carbocycles. The summed E-state index contributed by atoms with van der Waals surface area (Å²) in [5.74, 6) is -0.556. The molecule has 0 spiro atoms. The van der Waals surface area contributed by atoms with E-state index in [9.17, 15) is 9.00 Å². The molecule has 8 heteroatoms. The predicted molar refractivity (Wildman–Crippen MR) is 70.7 cm³/mol. The number of carbonyl (C=O) groups excluding carboxylic acids is 1. The molecule has 102 valence electrons. The lowest BCUT2D eigenvalue weighted by Crippen LogP contribution is -2.10. The highest BCUT2D eigenvalue weighted by atomic mass is 35.5. The summed E-state index contributed by atoms with van der Waals surface area (Å²) >= 11 is 3.96. The molecule has 0 radical (unpaired) electrons. The van der Waals surface area contributed by atoms with Gasteiger partial charge in [-0.1, -0.05) is 11.6 Å². The fraction of sp³-hybridized carbons (Fsp3) is 0.273. The molecule has 2 rings (SSSR count). The maximum atomic E-state index is 11.8. The maximum Gasteiger partial charge on any atom is 0.356 e. The first-order valence-corrected chi connectivity index (χ1v) is 6.87. The number of aromatic nitrogens is 2. The summed E-state index contributed by atoms with van der Waals surface area (Å²) in [6.45, 7) is 1.93. The Hall–Kier alpha value is -1.44. The molecular weight excluding hydrogens is 292 g/mol. The molecule has 0 amide bonds. The smallest absolute Gasteiger partial charge is 0.356 e. The van der Waals surface area contributed by atoms with Gasteiger partial charge < -0.3 is 13.9 Å². The van der Waals surface area contributed by atoms with Gasteiger partial charge in [-0.15, -0.1) is 0 Å². The average Bonchev–Trinajstić information content (AvgIpc) is 2.62. The van der Waals surface area contributed by atoms with Crippen LogP contribution in [0.2, 0.25) is 5.02 Å². The Morgan fingerprint density at radius 1 is 1.63 bits per heavy atom. The highest BCUT2D eigenvalue weighted by molar-refractivity contribution is 7.79. The van der Waals surface area contributed by atoms with E-state index in [0.717, 1.165) is 0 Å². The van der Waals surface area contributed by atoms with Crippen LogP contribution >= 0.6 is 11.6 Å². The van der Waals surface area contributed by atoms with Crippen molar-refractivity contribution in [3.05, 3.63) is 23.0 Å². The third kappa shape index (κ3) is 2.36. The summed E-state index contributed by atoms with van der Waals surface area (Å²) in [5.41, 5.74) is 1.06. The molecule has 2 heterocycles. The number of nitrogens with zero attached hydrogens (tertiary/aromatic N) is 2. The standard InChI is InChI=1S/C11H11ClN2O4S/c1-3-18-11(15)10-8(12)9-7(14(10)2)4-6(5-13-9)19(16)17/h4-5H,3H2,1-2H3,(H,16,17). The lowest BCUT2D eigenvalue weighted by Gasteiger charge is -2.03. The van der Waals surface area contributed by atoms with Crippen LogP contribution in [0.4, 0.5) is 0 Å². The Morgan fingerprint density at radius 3 is 2.89 bits per heavy atom. The van der Waals surface area contributed by atoms with Crippen molar-refractivity contribution in [2.45, 2.75) is 11.8 Å². The van der Waals surface area contributed by atoms with Crippen molar-refractivity contribution >= 4 is 39.7 Å². The zero-order chi connectivity index (χ0) is 14.2. The lowest BCUT2D eigenvalue weighted by molar-refractivity contribution is 0.0516. The van der Waals surface area contributed by atoms with Crippen LogP contribution < -0.4 is 0 Å². The average molecular weight is 303 g/mol. The van der Waals surface area contributed by atoms with E-state index in [1.54, 1.807) is 14.0 Å². The van der Waals surface area contributed by atoms with E-state index in [0.29, 0.717) is 11.0 Å². The number of rotatable bonds is 3. The van der Waals surface area contributed by atoms with Gasteiger partial charge in [0.15, 0.2) is 11.1 Å². The van der Waals surface area contributed by atoms with Gasteiger partial charge in [0.05, 0.1) is 22.0 Å². The molecule has 0 saturated carbocycles. The van der Waals surface area contributed by atoms with Gasteiger partial charge in [0.1, 0.15) is 11.2 Å². The first-order valence-electron chi connectivity index (χ1n) is 5.39. The molecular formula is C11H11ClN2O4S. The van der Waals surface area contributed by atoms with Crippen molar-refractivity contribution in [1.82, 2.24) is 9.55 Å². The fourth-order valence-electron chi connectivity index (χ4n) is 1.76. The van der Waals surface area contributed by atoms with Crippen LogP contribution in [0, 0.1) is 0 Å². The fourth-order valence-corrected chi connectivity index (χ4v) is 2.47. The minimum atomic E-state index is -2.14. The SMILES string of the molecule is CCOC(=O)c1c(Cl)c2ncc(S(=O)O)cc2n1C. The van der Waals surface area contributed by atoms with Gasteiger partial charge in [-0.2, -0.15) is 0 Å². The van der Waals surface area contributed by atoms with Crippen LogP contribution in [-0.4, -0.2) is 30.9 Å². The zero-order valence-electron chi connectivity index (χ0n) is 10.2. The second-order valence-corrected chi connectivity index (χ2v) is 5.08. The van der Waals surface area contributed by atoms with E-state index >= 15 is 0 Å². The second-order valence-electron chi connectivity index (χ2n) is 3.73. The highest BCUT2D eigenvalue weighted by Gasteiger charge is 2.22. The first-order chi connectivity index (χ1) is 8.97. The van der Waals surface area contributed by atoms with Crippen molar-refractivity contribution in [3.8, 4) is 0 Å². The van der Waals surface area contributed by atoms with E-state index < -0.39 is 17.0 Å². The Morgan fingerprint density at radius 2 is 2.32 bits per heavy atom. The van der Waals surface area contributed by atoms with Gasteiger partial charge in [0, 0.05) is 13.2 Å². The number of pyridine rings is 1. The van der Waals surface area contributed by atoms with E-state index in [1.807, 2.05) is 0 Å². The topological polar surface area (TPSA) is 81.4 Å². The van der Waals surface area contributed by atoms with Crippen LogP contribution in [0.25, 0.3) is 11.0 Å². The van der Waals surface area contributed by atoms with Gasteiger partial charge >= 0.3 is 5.97 Å². The van der Waals surface area contributed by atoms with Crippen molar-refractivity contribution in [2.75, 3.05) is 6.61 Å². The number of carbonyl (C=O) groups is 1. The second kappa shape index (κ2) is 5.28. The minimum absolute atomic E-state index is 0.139. The molecule has 0 aliphatic rings. The summed E-state index contributed by atoms with van der Waals surface area (Å²) in [6.07, 6.45) is 1.25. The number of esters is 1. The predicted octanol–water partition coefficient (Wildman–Crippen LogP) is 1.98. The number of fused-ring (bicyclic) bond motifs is 1. The van der Waals surface area contributed by atoms with Gasteiger partial charge in [-0.25, -0.2) is 9.00 Å². The Kier molecular flexibility index (Phi) is 3.88. The van der Waals surface area contributed by atoms with Gasteiger partial charge in [0.2, 0.25) is 0 Å². The Labute approximate surface area is 116 Å². The van der Waals surface area contributed by atoms with Crippen LogP contribution in [-0.2, 0) is 22.9 Å². The van der Waals surface area contributed by atoms with Crippen molar-refractivity contribution in [3.63, 3.8) is 0 Å². The van der Waals surface area contributed by atoms with Crippen molar-refractivity contribution < 1.29 is 18.3 Å². The minimum Gasteiger partial charge on any atom is -0.461 e. The zero-order valence-corrected chi connectivity index (χ0v) is 11.8. The number of hydrogen-bond donors (Lipinski definition) is 1. The number of hydrogen-bond acceptors (Lipinski definition) is 4. The van der Waals surface area contributed by atoms with Crippen molar-refractivity contribution in [2.24, 2.45) is 7.05 Å². The van der Waals surface area contributed by atoms with Crippen LogP contribution in [0.5, 0.6) is 0 Å². The number of halogens is 1. The Bertz CT molecular complexity index is 683. The van der Waals surface area contributed by atoms with E-state index in [1.165, 1.54) is 16.8 Å². The molecule has 2 aromatic rings. The Balaban J connectivity index is 2.68. The molecule has 6 nitrogen and oxygen atoms in total. The highest BCUT2D eigenvalue weighted by Crippen LogP contribution is 2.29. The molecule has 0 bridgehead atoms. The number of ether oxygens (including phenoxy) is 1. The molecule has 0 saturated heterocycles. The summed E-state index contributed by atoms with van der Waals surface area (Å²) in [4.78, 5) is 16.0. The monoisotopic (exact) mass is 302 g/mol. The van der Waals surface area contributed by atoms with Crippen LogP contribution in [0.3, 0.4) is 0 Å². The molecule has 19 heavy (non-hydrogen) atoms. The van der Waals surface area contributed by atoms with E-state index in [-0.39, 0.29) is 22.2 Å². The molecule has 0 aliphatic heterocycles. The molecule has 0 fully saturated rings. The van der Waals surface area contributed by atoms with E-state index in [2.05, 4.69) is 4.98 Å². The lowest BCUT2D eigenvalue weighted by atomic mass is 10.3. The quantitative estimate of drug-likeness (QED) is 0.692. The molecule has 1 atom stereocenters. The van der Waals surface area contributed by atoms with Crippen LogP contribution in [0.15, 0.2) is 17.2 Å². The first kappa shape index (κ1) is 14.0. The van der Waals surface area contributed by atoms with Gasteiger partial charge in [0.25, 0.3) is 0 Å². The third-order valence-corrected chi connectivity index (χ3v) is 3.61. The largest absolute Gasteiger partial charge is 0.461 e. The van der Waals surface area contributed by atoms with Crippen molar-refractivity contribution in [1.29, 1.82) is 0 Å². The van der Waals surface area contributed by atoms with Gasteiger partial charge in [-0.05, 0) is 13.0 Å². The summed E-state index contributed by atoms with van der Waals surface area (Å²) in [5, 5.41) is 0.172. The summed E-state index contributed by atoms with van der Waals surface area (Å²) < 4.78 is 26.5. The normalized spacial score (nSPS) is 12.6. The molecule has 0 aliphatic carbocycles. The van der Waals surface area contributed by atoms with E-state index in [4.69, 9.17) is 20.9 Å². The molecule has 1 N–H and O–H groups in total. The molecule has 2 aromatic heterocycles. The number of aryl methyl sites for hydroxylation is 1. The third-order valence-electron chi connectivity index (χ3n) is 2.63. The van der Waals surface area contributed by atoms with Gasteiger partial charge in [-0.3, -0.25) is 4.98 Å².